The minimum atomic E-state index is -0.414. The van der Waals surface area contributed by atoms with Crippen LogP contribution in [-0.4, -0.2) is 24.4 Å². The predicted molar refractivity (Wildman–Crippen MR) is 81.5 cm³/mol. The molecule has 0 fully saturated rings. The van der Waals surface area contributed by atoms with Crippen LogP contribution in [0.5, 0.6) is 0 Å². The largest absolute Gasteiger partial charge is 0.333 e. The Kier molecular flexibility index (Phi) is 4.94. The van der Waals surface area contributed by atoms with Crippen molar-refractivity contribution in [3.63, 3.8) is 0 Å². The van der Waals surface area contributed by atoms with Crippen molar-refractivity contribution in [2.45, 2.75) is 6.04 Å². The van der Waals surface area contributed by atoms with Crippen LogP contribution in [0.2, 0.25) is 5.02 Å². The van der Waals surface area contributed by atoms with Gasteiger partial charge in [0.2, 0.25) is 5.91 Å². The summed E-state index contributed by atoms with van der Waals surface area (Å²) in [5.41, 5.74) is 6.99. The fraction of sp³-hybridized carbons (Fsp3) is 0.188. The second-order valence-electron chi connectivity index (χ2n) is 4.69. The average molecular weight is 307 g/mol. The van der Waals surface area contributed by atoms with E-state index < -0.39 is 11.9 Å². The smallest absolute Gasteiger partial charge is 0.236 e. The first-order valence-electron chi connectivity index (χ1n) is 6.50. The number of nitrogens with two attached hydrogens (primary N) is 1. The van der Waals surface area contributed by atoms with Crippen LogP contribution in [0.25, 0.3) is 0 Å². The van der Waals surface area contributed by atoms with E-state index in [1.165, 1.54) is 17.0 Å². The molecule has 21 heavy (non-hydrogen) atoms. The van der Waals surface area contributed by atoms with Gasteiger partial charge in [-0.25, -0.2) is 4.39 Å². The topological polar surface area (TPSA) is 46.3 Å². The van der Waals surface area contributed by atoms with Crippen molar-refractivity contribution in [1.29, 1.82) is 0 Å². The molecule has 0 radical (unpaired) electrons. The van der Waals surface area contributed by atoms with Crippen LogP contribution < -0.4 is 5.73 Å². The number of rotatable bonds is 4. The monoisotopic (exact) mass is 306 g/mol. The van der Waals surface area contributed by atoms with Gasteiger partial charge < -0.3 is 10.6 Å². The van der Waals surface area contributed by atoms with Crippen LogP contribution in [0.1, 0.15) is 17.2 Å². The first-order valence-corrected chi connectivity index (χ1v) is 6.88. The highest BCUT2D eigenvalue weighted by Crippen LogP contribution is 2.32. The molecule has 110 valence electrons. The van der Waals surface area contributed by atoms with Gasteiger partial charge in [-0.05, 0) is 23.3 Å². The number of likely N-dealkylation sites (N-methyl/N-ethyl adjacent to an activating group) is 1. The maximum absolute atomic E-state index is 13.3. The molecule has 2 N–H and O–H groups in total. The predicted octanol–water partition coefficient (Wildman–Crippen LogP) is 2.99. The molecular formula is C16H16ClFN2O. The number of carbonyl (C=O) groups excluding carboxylic acids is 1. The molecule has 3 nitrogen and oxygen atoms in total. The summed E-state index contributed by atoms with van der Waals surface area (Å²) in [5, 5.41) is 0.278. The van der Waals surface area contributed by atoms with Crippen LogP contribution >= 0.6 is 11.6 Å². The number of carbonyl (C=O) groups is 1. The summed E-state index contributed by atoms with van der Waals surface area (Å²) in [6.07, 6.45) is 0. The zero-order valence-corrected chi connectivity index (χ0v) is 12.3. The lowest BCUT2D eigenvalue weighted by Gasteiger charge is -2.29. The van der Waals surface area contributed by atoms with Crippen LogP contribution in [0.4, 0.5) is 4.39 Å². The fourth-order valence-corrected chi connectivity index (χ4v) is 2.53. The van der Waals surface area contributed by atoms with E-state index in [0.29, 0.717) is 5.56 Å². The summed E-state index contributed by atoms with van der Waals surface area (Å²) in [7, 11) is 1.66. The highest BCUT2D eigenvalue weighted by molar-refractivity contribution is 6.31. The Hall–Kier alpha value is -1.91. The summed E-state index contributed by atoms with van der Waals surface area (Å²) in [6, 6.07) is 13.2. The maximum Gasteiger partial charge on any atom is 0.236 e. The SMILES string of the molecule is CN(C(=O)CN)[C@H](c1ccccc1)c1ccc(F)cc1Cl. The molecule has 5 heteroatoms. The zero-order valence-electron chi connectivity index (χ0n) is 11.6. The minimum Gasteiger partial charge on any atom is -0.333 e. The highest BCUT2D eigenvalue weighted by Gasteiger charge is 2.24. The lowest BCUT2D eigenvalue weighted by Crippen LogP contribution is -2.36. The molecule has 0 unspecified atom stereocenters. The van der Waals surface area contributed by atoms with Gasteiger partial charge in [0.25, 0.3) is 0 Å². The Morgan fingerprint density at radius 3 is 2.52 bits per heavy atom. The number of hydrogen-bond donors (Lipinski definition) is 1. The molecule has 0 spiro atoms. The normalized spacial score (nSPS) is 12.0. The van der Waals surface area contributed by atoms with Crippen molar-refractivity contribution in [2.75, 3.05) is 13.6 Å². The lowest BCUT2D eigenvalue weighted by atomic mass is 9.97. The van der Waals surface area contributed by atoms with Crippen molar-refractivity contribution in [2.24, 2.45) is 5.73 Å². The minimum absolute atomic E-state index is 0.0986. The standard InChI is InChI=1S/C16H16ClFN2O/c1-20(15(21)10-19)16(11-5-3-2-4-6-11)13-8-7-12(18)9-14(13)17/h2-9,16H,10,19H2,1H3/t16-/m1/s1. The van der Waals surface area contributed by atoms with Gasteiger partial charge in [0.05, 0.1) is 12.6 Å². The van der Waals surface area contributed by atoms with Gasteiger partial charge in [-0.1, -0.05) is 48.0 Å². The first-order chi connectivity index (χ1) is 10.0. The summed E-state index contributed by atoms with van der Waals surface area (Å²) in [4.78, 5) is 13.5. The Labute approximate surface area is 128 Å². The molecule has 2 rings (SSSR count). The third-order valence-corrected chi connectivity index (χ3v) is 3.66. The Bertz CT molecular complexity index is 633. The Balaban J connectivity index is 2.53. The van der Waals surface area contributed by atoms with Gasteiger partial charge in [0.1, 0.15) is 5.82 Å². The summed E-state index contributed by atoms with van der Waals surface area (Å²) in [5.74, 6) is -0.632. The Morgan fingerprint density at radius 2 is 1.95 bits per heavy atom. The van der Waals surface area contributed by atoms with Crippen LogP contribution in [0, 0.1) is 5.82 Å². The van der Waals surface area contributed by atoms with Crippen molar-refractivity contribution in [3.8, 4) is 0 Å². The molecule has 2 aromatic rings. The third kappa shape index (κ3) is 3.40. The molecule has 0 aliphatic heterocycles. The second kappa shape index (κ2) is 6.70. The van der Waals surface area contributed by atoms with E-state index in [0.717, 1.165) is 5.56 Å². The summed E-state index contributed by atoms with van der Waals surface area (Å²) >= 11 is 6.16. The molecule has 2 aromatic carbocycles. The third-order valence-electron chi connectivity index (χ3n) is 3.33. The molecule has 0 aliphatic rings. The fourth-order valence-electron chi connectivity index (χ4n) is 2.26. The van der Waals surface area contributed by atoms with Gasteiger partial charge in [0, 0.05) is 12.1 Å². The van der Waals surface area contributed by atoms with Crippen LogP contribution in [-0.2, 0) is 4.79 Å². The molecule has 0 bridgehead atoms. The summed E-state index contributed by atoms with van der Waals surface area (Å²) in [6.45, 7) is -0.0986. The van der Waals surface area contributed by atoms with E-state index in [9.17, 15) is 9.18 Å². The molecule has 0 heterocycles. The lowest BCUT2D eigenvalue weighted by molar-refractivity contribution is -0.129. The van der Waals surface area contributed by atoms with Gasteiger partial charge >= 0.3 is 0 Å². The molecular weight excluding hydrogens is 291 g/mol. The van der Waals surface area contributed by atoms with E-state index in [-0.39, 0.29) is 17.5 Å². The molecule has 1 amide bonds. The number of benzene rings is 2. The zero-order chi connectivity index (χ0) is 15.4. The van der Waals surface area contributed by atoms with Crippen molar-refractivity contribution >= 4 is 17.5 Å². The van der Waals surface area contributed by atoms with Gasteiger partial charge in [-0.2, -0.15) is 0 Å². The van der Waals surface area contributed by atoms with Crippen LogP contribution in [0.3, 0.4) is 0 Å². The highest BCUT2D eigenvalue weighted by atomic mass is 35.5. The average Bonchev–Trinajstić information content (AvgIpc) is 2.49. The second-order valence-corrected chi connectivity index (χ2v) is 5.10. The van der Waals surface area contributed by atoms with E-state index in [1.54, 1.807) is 13.1 Å². The van der Waals surface area contributed by atoms with Crippen LogP contribution in [0.15, 0.2) is 48.5 Å². The first kappa shape index (κ1) is 15.5. The summed E-state index contributed by atoms with van der Waals surface area (Å²) < 4.78 is 13.3. The van der Waals surface area contributed by atoms with Gasteiger partial charge in [0.15, 0.2) is 0 Å². The number of nitrogens with zero attached hydrogens (tertiary/aromatic N) is 1. The number of amides is 1. The maximum atomic E-state index is 13.3. The molecule has 0 aliphatic carbocycles. The van der Waals surface area contributed by atoms with Gasteiger partial charge in [-0.15, -0.1) is 0 Å². The quantitative estimate of drug-likeness (QED) is 0.944. The molecule has 0 aromatic heterocycles. The van der Waals surface area contributed by atoms with E-state index in [2.05, 4.69) is 0 Å². The van der Waals surface area contributed by atoms with E-state index in [4.69, 9.17) is 17.3 Å². The van der Waals surface area contributed by atoms with Crippen molar-refractivity contribution in [3.05, 3.63) is 70.5 Å². The molecule has 1 atom stereocenters. The van der Waals surface area contributed by atoms with E-state index >= 15 is 0 Å². The number of halogens is 2. The van der Waals surface area contributed by atoms with Crippen molar-refractivity contribution < 1.29 is 9.18 Å². The number of hydrogen-bond acceptors (Lipinski definition) is 2. The van der Waals surface area contributed by atoms with E-state index in [1.807, 2.05) is 30.3 Å². The van der Waals surface area contributed by atoms with Crippen molar-refractivity contribution in [1.82, 2.24) is 4.90 Å². The Morgan fingerprint density at radius 1 is 1.29 bits per heavy atom. The molecule has 0 saturated heterocycles. The van der Waals surface area contributed by atoms with Gasteiger partial charge in [-0.3, -0.25) is 4.79 Å². The molecule has 0 saturated carbocycles.